The average molecular weight is 276 g/mol. The highest BCUT2D eigenvalue weighted by molar-refractivity contribution is 5.14. The van der Waals surface area contributed by atoms with Crippen LogP contribution in [0.3, 0.4) is 0 Å². The third-order valence-electron chi connectivity index (χ3n) is 4.57. The van der Waals surface area contributed by atoms with Crippen LogP contribution in [0.5, 0.6) is 0 Å². The Kier molecular flexibility index (Phi) is 6.55. The lowest BCUT2D eigenvalue weighted by atomic mass is 9.82. The Balaban J connectivity index is 1.75. The van der Waals surface area contributed by atoms with Crippen LogP contribution in [0.2, 0.25) is 0 Å². The zero-order chi connectivity index (χ0) is 14.2. The highest BCUT2D eigenvalue weighted by Gasteiger charge is 2.29. The van der Waals surface area contributed by atoms with Crippen molar-refractivity contribution in [1.82, 2.24) is 0 Å². The standard InChI is InChI=1S/C18H28O2/c1-20-18(16-12-6-3-7-13-16)17(19)14-8-11-15-9-4-2-5-10-15/h2,4-5,9-10,16-19H,3,6-8,11-14H2,1H3. The van der Waals surface area contributed by atoms with Crippen LogP contribution in [0.15, 0.2) is 30.3 Å². The molecular weight excluding hydrogens is 248 g/mol. The molecule has 1 aromatic rings. The molecule has 1 N–H and O–H groups in total. The second kappa shape index (κ2) is 8.43. The van der Waals surface area contributed by atoms with Gasteiger partial charge in [0.1, 0.15) is 0 Å². The molecule has 0 amide bonds. The fourth-order valence-corrected chi connectivity index (χ4v) is 3.45. The maximum Gasteiger partial charge on any atom is 0.0858 e. The highest BCUT2D eigenvalue weighted by atomic mass is 16.5. The summed E-state index contributed by atoms with van der Waals surface area (Å²) in [7, 11) is 1.75. The summed E-state index contributed by atoms with van der Waals surface area (Å²) >= 11 is 0. The van der Waals surface area contributed by atoms with E-state index in [1.54, 1.807) is 7.11 Å². The number of aliphatic hydroxyl groups excluding tert-OH is 1. The topological polar surface area (TPSA) is 29.5 Å². The number of benzene rings is 1. The molecule has 0 aromatic heterocycles. The number of rotatable bonds is 7. The lowest BCUT2D eigenvalue weighted by molar-refractivity contribution is -0.0575. The molecule has 0 spiro atoms. The van der Waals surface area contributed by atoms with E-state index in [-0.39, 0.29) is 12.2 Å². The molecule has 1 saturated carbocycles. The number of aryl methyl sites for hydroxylation is 1. The first kappa shape index (κ1) is 15.5. The predicted molar refractivity (Wildman–Crippen MR) is 82.8 cm³/mol. The summed E-state index contributed by atoms with van der Waals surface area (Å²) in [5.41, 5.74) is 1.35. The fraction of sp³-hybridized carbons (Fsp3) is 0.667. The third-order valence-corrected chi connectivity index (χ3v) is 4.57. The number of aliphatic hydroxyl groups is 1. The molecule has 20 heavy (non-hydrogen) atoms. The smallest absolute Gasteiger partial charge is 0.0858 e. The van der Waals surface area contributed by atoms with Gasteiger partial charge in [-0.1, -0.05) is 49.6 Å². The normalized spacial score (nSPS) is 19.7. The fourth-order valence-electron chi connectivity index (χ4n) is 3.45. The van der Waals surface area contributed by atoms with Gasteiger partial charge in [0, 0.05) is 7.11 Å². The minimum atomic E-state index is -0.313. The van der Waals surface area contributed by atoms with Gasteiger partial charge in [-0.15, -0.1) is 0 Å². The van der Waals surface area contributed by atoms with Crippen molar-refractivity contribution in [2.24, 2.45) is 5.92 Å². The van der Waals surface area contributed by atoms with Gasteiger partial charge in [0.15, 0.2) is 0 Å². The first-order valence-electron chi connectivity index (χ1n) is 8.06. The molecule has 0 saturated heterocycles. The van der Waals surface area contributed by atoms with Gasteiger partial charge in [0.2, 0.25) is 0 Å². The molecule has 2 heteroatoms. The van der Waals surface area contributed by atoms with Crippen molar-refractivity contribution in [3.05, 3.63) is 35.9 Å². The number of methoxy groups -OCH3 is 1. The largest absolute Gasteiger partial charge is 0.390 e. The van der Waals surface area contributed by atoms with Gasteiger partial charge in [0.25, 0.3) is 0 Å². The molecule has 1 aromatic carbocycles. The Morgan fingerprint density at radius 2 is 1.85 bits per heavy atom. The van der Waals surface area contributed by atoms with Crippen LogP contribution in [0.4, 0.5) is 0 Å². The number of hydrogen-bond acceptors (Lipinski definition) is 2. The van der Waals surface area contributed by atoms with Crippen molar-refractivity contribution >= 4 is 0 Å². The molecule has 1 aliphatic rings. The van der Waals surface area contributed by atoms with Gasteiger partial charge in [-0.05, 0) is 43.6 Å². The molecule has 2 nitrogen and oxygen atoms in total. The molecule has 2 rings (SSSR count). The molecular formula is C18H28O2. The van der Waals surface area contributed by atoms with Crippen molar-refractivity contribution < 1.29 is 9.84 Å². The van der Waals surface area contributed by atoms with Gasteiger partial charge in [-0.2, -0.15) is 0 Å². The Labute approximate surface area is 123 Å². The third kappa shape index (κ3) is 4.60. The van der Waals surface area contributed by atoms with E-state index in [4.69, 9.17) is 4.74 Å². The summed E-state index contributed by atoms with van der Waals surface area (Å²) in [5.74, 6) is 0.556. The van der Waals surface area contributed by atoms with E-state index < -0.39 is 0 Å². The van der Waals surface area contributed by atoms with Crippen LogP contribution in [-0.2, 0) is 11.2 Å². The minimum Gasteiger partial charge on any atom is -0.390 e. The molecule has 0 radical (unpaired) electrons. The van der Waals surface area contributed by atoms with Crippen LogP contribution >= 0.6 is 0 Å². The highest BCUT2D eigenvalue weighted by Crippen LogP contribution is 2.30. The molecule has 112 valence electrons. The summed E-state index contributed by atoms with van der Waals surface area (Å²) in [6.45, 7) is 0. The van der Waals surface area contributed by atoms with Gasteiger partial charge in [0.05, 0.1) is 12.2 Å². The summed E-state index contributed by atoms with van der Waals surface area (Å²) in [6.07, 6.45) is 8.99. The van der Waals surface area contributed by atoms with E-state index in [0.717, 1.165) is 19.3 Å². The first-order chi connectivity index (χ1) is 9.81. The van der Waals surface area contributed by atoms with Gasteiger partial charge < -0.3 is 9.84 Å². The summed E-state index contributed by atoms with van der Waals surface area (Å²) in [6, 6.07) is 10.5. The monoisotopic (exact) mass is 276 g/mol. The molecule has 0 heterocycles. The summed E-state index contributed by atoms with van der Waals surface area (Å²) < 4.78 is 5.60. The molecule has 2 unspecified atom stereocenters. The molecule has 1 aliphatic carbocycles. The van der Waals surface area contributed by atoms with Crippen molar-refractivity contribution in [1.29, 1.82) is 0 Å². The van der Waals surface area contributed by atoms with Crippen LogP contribution in [0.25, 0.3) is 0 Å². The van der Waals surface area contributed by atoms with Gasteiger partial charge in [-0.3, -0.25) is 0 Å². The average Bonchev–Trinajstić information content (AvgIpc) is 2.50. The summed E-state index contributed by atoms with van der Waals surface area (Å²) in [5, 5.41) is 10.4. The van der Waals surface area contributed by atoms with E-state index in [1.165, 1.54) is 37.7 Å². The SMILES string of the molecule is COC(C(O)CCCc1ccccc1)C1CCCCC1. The maximum atomic E-state index is 10.4. The Morgan fingerprint density at radius 1 is 1.15 bits per heavy atom. The second-order valence-electron chi connectivity index (χ2n) is 6.04. The van der Waals surface area contributed by atoms with Crippen LogP contribution < -0.4 is 0 Å². The quantitative estimate of drug-likeness (QED) is 0.816. The van der Waals surface area contributed by atoms with E-state index in [0.29, 0.717) is 5.92 Å². The molecule has 1 fully saturated rings. The first-order valence-corrected chi connectivity index (χ1v) is 8.06. The lowest BCUT2D eigenvalue weighted by Gasteiger charge is -2.32. The molecule has 2 atom stereocenters. The van der Waals surface area contributed by atoms with E-state index in [9.17, 15) is 5.11 Å². The minimum absolute atomic E-state index is 0.0334. The maximum absolute atomic E-state index is 10.4. The van der Waals surface area contributed by atoms with Crippen molar-refractivity contribution in [2.45, 2.75) is 63.6 Å². The Morgan fingerprint density at radius 3 is 2.50 bits per heavy atom. The van der Waals surface area contributed by atoms with Crippen LogP contribution in [0.1, 0.15) is 50.5 Å². The zero-order valence-electron chi connectivity index (χ0n) is 12.6. The molecule has 0 aliphatic heterocycles. The van der Waals surface area contributed by atoms with Crippen molar-refractivity contribution in [3.63, 3.8) is 0 Å². The van der Waals surface area contributed by atoms with Crippen molar-refractivity contribution in [3.8, 4) is 0 Å². The van der Waals surface area contributed by atoms with Crippen LogP contribution in [0, 0.1) is 5.92 Å². The Bertz CT molecular complexity index is 357. The van der Waals surface area contributed by atoms with Gasteiger partial charge in [-0.25, -0.2) is 0 Å². The van der Waals surface area contributed by atoms with Gasteiger partial charge >= 0.3 is 0 Å². The second-order valence-corrected chi connectivity index (χ2v) is 6.04. The predicted octanol–water partition coefficient (Wildman–Crippen LogP) is 3.97. The Hall–Kier alpha value is -0.860. The van der Waals surface area contributed by atoms with E-state index >= 15 is 0 Å². The lowest BCUT2D eigenvalue weighted by Crippen LogP contribution is -2.36. The van der Waals surface area contributed by atoms with E-state index in [2.05, 4.69) is 24.3 Å². The molecule has 0 bridgehead atoms. The number of hydrogen-bond donors (Lipinski definition) is 1. The van der Waals surface area contributed by atoms with Crippen molar-refractivity contribution in [2.75, 3.05) is 7.11 Å². The zero-order valence-corrected chi connectivity index (χ0v) is 12.6. The van der Waals surface area contributed by atoms with E-state index in [1.807, 2.05) is 6.07 Å². The van der Waals surface area contributed by atoms with Crippen LogP contribution in [-0.4, -0.2) is 24.4 Å². The summed E-state index contributed by atoms with van der Waals surface area (Å²) in [4.78, 5) is 0. The number of ether oxygens (including phenoxy) is 1.